The molecule has 2 aromatic carbocycles. The molecule has 0 fully saturated rings. The zero-order valence-electron chi connectivity index (χ0n) is 9.96. The van der Waals surface area contributed by atoms with Crippen molar-refractivity contribution in [3.63, 3.8) is 0 Å². The predicted molar refractivity (Wildman–Crippen MR) is 69.9 cm³/mol. The molecule has 0 saturated heterocycles. The van der Waals surface area contributed by atoms with Crippen LogP contribution in [0.3, 0.4) is 0 Å². The molecule has 0 unspecified atom stereocenters. The fourth-order valence-electron chi connectivity index (χ4n) is 2.20. The summed E-state index contributed by atoms with van der Waals surface area (Å²) in [6.45, 7) is 0. The minimum absolute atomic E-state index is 0.174. The van der Waals surface area contributed by atoms with Gasteiger partial charge in [-0.2, -0.15) is 0 Å². The largest absolute Gasteiger partial charge is 0.378 e. The number of aliphatic hydroxyl groups is 1. The van der Waals surface area contributed by atoms with Gasteiger partial charge in [-0.25, -0.2) is 0 Å². The quantitative estimate of drug-likeness (QED) is 0.803. The van der Waals surface area contributed by atoms with E-state index in [4.69, 9.17) is 0 Å². The number of hydrogen-bond acceptors (Lipinski definition) is 3. The SMILES string of the molecule is O=C(c1ccccc1)c1cccc2c1NC(=O)[C@@H]2O. The van der Waals surface area contributed by atoms with Gasteiger partial charge in [0.1, 0.15) is 0 Å². The number of fused-ring (bicyclic) bond motifs is 1. The van der Waals surface area contributed by atoms with Crippen molar-refractivity contribution in [2.24, 2.45) is 0 Å². The fraction of sp³-hybridized carbons (Fsp3) is 0.0667. The Hall–Kier alpha value is -2.46. The van der Waals surface area contributed by atoms with E-state index in [1.54, 1.807) is 42.5 Å². The summed E-state index contributed by atoms with van der Waals surface area (Å²) in [6.07, 6.45) is -1.20. The predicted octanol–water partition coefficient (Wildman–Crippen LogP) is 1.90. The lowest BCUT2D eigenvalue weighted by molar-refractivity contribution is -0.123. The van der Waals surface area contributed by atoms with Crippen LogP contribution in [0.2, 0.25) is 0 Å². The Morgan fingerprint density at radius 2 is 1.79 bits per heavy atom. The van der Waals surface area contributed by atoms with Gasteiger partial charge in [0.2, 0.25) is 0 Å². The van der Waals surface area contributed by atoms with Crippen molar-refractivity contribution in [2.45, 2.75) is 6.10 Å². The first kappa shape index (κ1) is 11.6. The molecule has 0 aromatic heterocycles. The van der Waals surface area contributed by atoms with Crippen molar-refractivity contribution >= 4 is 17.4 Å². The Morgan fingerprint density at radius 3 is 2.53 bits per heavy atom. The van der Waals surface area contributed by atoms with Crippen LogP contribution in [0, 0.1) is 0 Å². The number of aliphatic hydroxyl groups excluding tert-OH is 1. The monoisotopic (exact) mass is 253 g/mol. The third kappa shape index (κ3) is 1.82. The molecule has 0 aliphatic carbocycles. The Bertz CT molecular complexity index is 664. The van der Waals surface area contributed by atoms with Gasteiger partial charge in [-0.15, -0.1) is 0 Å². The third-order valence-corrected chi connectivity index (χ3v) is 3.17. The van der Waals surface area contributed by atoms with Crippen molar-refractivity contribution < 1.29 is 14.7 Å². The molecule has 3 rings (SSSR count). The normalized spacial score (nSPS) is 16.9. The number of amides is 1. The summed E-state index contributed by atoms with van der Waals surface area (Å²) in [4.78, 5) is 23.9. The second-order valence-corrected chi connectivity index (χ2v) is 4.36. The van der Waals surface area contributed by atoms with E-state index >= 15 is 0 Å². The lowest BCUT2D eigenvalue weighted by Gasteiger charge is -2.07. The molecule has 1 heterocycles. The fourth-order valence-corrected chi connectivity index (χ4v) is 2.20. The summed E-state index contributed by atoms with van der Waals surface area (Å²) >= 11 is 0. The number of hydrogen-bond donors (Lipinski definition) is 2. The van der Waals surface area contributed by atoms with Crippen molar-refractivity contribution in [3.8, 4) is 0 Å². The molecule has 0 spiro atoms. The molecule has 0 saturated carbocycles. The Morgan fingerprint density at radius 1 is 1.05 bits per heavy atom. The summed E-state index contributed by atoms with van der Waals surface area (Å²) < 4.78 is 0. The van der Waals surface area contributed by atoms with Gasteiger partial charge >= 0.3 is 0 Å². The van der Waals surface area contributed by atoms with Crippen molar-refractivity contribution in [2.75, 3.05) is 5.32 Å². The van der Waals surface area contributed by atoms with Crippen LogP contribution in [0.4, 0.5) is 5.69 Å². The molecule has 2 N–H and O–H groups in total. The second kappa shape index (κ2) is 4.33. The van der Waals surface area contributed by atoms with Gasteiger partial charge in [-0.3, -0.25) is 9.59 Å². The molecule has 0 radical (unpaired) electrons. The molecule has 4 heteroatoms. The van der Waals surface area contributed by atoms with Gasteiger partial charge in [0.05, 0.1) is 5.69 Å². The molecule has 94 valence electrons. The molecule has 2 aromatic rings. The van der Waals surface area contributed by atoms with Crippen molar-refractivity contribution in [3.05, 3.63) is 65.2 Å². The number of carbonyl (C=O) groups excluding carboxylic acids is 2. The zero-order valence-corrected chi connectivity index (χ0v) is 9.96. The average Bonchev–Trinajstić information content (AvgIpc) is 2.75. The first-order chi connectivity index (χ1) is 9.18. The summed E-state index contributed by atoms with van der Waals surface area (Å²) in [5.41, 5.74) is 1.81. The standard InChI is InChI=1S/C15H11NO3/c17-13(9-5-2-1-3-6-9)10-7-4-8-11-12(10)16-15(19)14(11)18/h1-8,14,18H,(H,16,19)/t14-/m1/s1. The molecular weight excluding hydrogens is 242 g/mol. The molecule has 1 atom stereocenters. The van der Waals surface area contributed by atoms with Crippen LogP contribution >= 0.6 is 0 Å². The number of carbonyl (C=O) groups is 2. The van der Waals surface area contributed by atoms with Gasteiger partial charge in [-0.1, -0.05) is 42.5 Å². The van der Waals surface area contributed by atoms with Gasteiger partial charge < -0.3 is 10.4 Å². The molecular formula is C15H11NO3. The van der Waals surface area contributed by atoms with Gasteiger partial charge in [0.25, 0.3) is 5.91 Å². The van der Waals surface area contributed by atoms with E-state index < -0.39 is 12.0 Å². The van der Waals surface area contributed by atoms with E-state index in [0.29, 0.717) is 22.4 Å². The highest BCUT2D eigenvalue weighted by atomic mass is 16.3. The van der Waals surface area contributed by atoms with Crippen LogP contribution in [0.25, 0.3) is 0 Å². The summed E-state index contributed by atoms with van der Waals surface area (Å²) in [5, 5.41) is 12.3. The number of benzene rings is 2. The zero-order chi connectivity index (χ0) is 13.4. The molecule has 1 aliphatic rings. The minimum atomic E-state index is -1.20. The van der Waals surface area contributed by atoms with Gasteiger partial charge in [0.15, 0.2) is 11.9 Å². The van der Waals surface area contributed by atoms with E-state index in [9.17, 15) is 14.7 Å². The lowest BCUT2D eigenvalue weighted by Crippen LogP contribution is -2.11. The highest BCUT2D eigenvalue weighted by Crippen LogP contribution is 2.34. The number of ketones is 1. The summed E-state index contributed by atoms with van der Waals surface area (Å²) in [5.74, 6) is -0.671. The Labute approximate surface area is 109 Å². The average molecular weight is 253 g/mol. The van der Waals surface area contributed by atoms with E-state index in [2.05, 4.69) is 5.32 Å². The van der Waals surface area contributed by atoms with Crippen LogP contribution in [0.15, 0.2) is 48.5 Å². The van der Waals surface area contributed by atoms with Gasteiger partial charge in [0, 0.05) is 16.7 Å². The maximum absolute atomic E-state index is 12.4. The third-order valence-electron chi connectivity index (χ3n) is 3.17. The number of nitrogens with one attached hydrogen (secondary N) is 1. The van der Waals surface area contributed by atoms with Crippen molar-refractivity contribution in [1.82, 2.24) is 0 Å². The van der Waals surface area contributed by atoms with Crippen LogP contribution in [0.1, 0.15) is 27.6 Å². The molecule has 19 heavy (non-hydrogen) atoms. The van der Waals surface area contributed by atoms with Crippen molar-refractivity contribution in [1.29, 1.82) is 0 Å². The summed E-state index contributed by atoms with van der Waals surface area (Å²) in [6, 6.07) is 13.8. The highest BCUT2D eigenvalue weighted by Gasteiger charge is 2.31. The highest BCUT2D eigenvalue weighted by molar-refractivity contribution is 6.16. The lowest BCUT2D eigenvalue weighted by atomic mass is 9.99. The molecule has 0 bridgehead atoms. The topological polar surface area (TPSA) is 66.4 Å². The molecule has 1 aliphatic heterocycles. The number of anilines is 1. The Balaban J connectivity index is 2.09. The van der Waals surface area contributed by atoms with Crippen LogP contribution in [-0.2, 0) is 4.79 Å². The number of para-hydroxylation sites is 1. The smallest absolute Gasteiger partial charge is 0.257 e. The van der Waals surface area contributed by atoms with E-state index in [0.717, 1.165) is 0 Å². The first-order valence-corrected chi connectivity index (χ1v) is 5.90. The second-order valence-electron chi connectivity index (χ2n) is 4.36. The molecule has 1 amide bonds. The van der Waals surface area contributed by atoms with Crippen LogP contribution in [0.5, 0.6) is 0 Å². The minimum Gasteiger partial charge on any atom is -0.378 e. The first-order valence-electron chi connectivity index (χ1n) is 5.90. The molecule has 4 nitrogen and oxygen atoms in total. The summed E-state index contributed by atoms with van der Waals surface area (Å²) in [7, 11) is 0. The van der Waals surface area contributed by atoms with Crippen LogP contribution < -0.4 is 5.32 Å². The van der Waals surface area contributed by atoms with E-state index in [1.165, 1.54) is 0 Å². The van der Waals surface area contributed by atoms with Gasteiger partial charge in [-0.05, 0) is 6.07 Å². The van der Waals surface area contributed by atoms with Crippen LogP contribution in [-0.4, -0.2) is 16.8 Å². The number of rotatable bonds is 2. The van der Waals surface area contributed by atoms with E-state index in [1.807, 2.05) is 6.07 Å². The van der Waals surface area contributed by atoms with E-state index in [-0.39, 0.29) is 5.78 Å². The Kier molecular flexibility index (Phi) is 2.65. The maximum atomic E-state index is 12.4. The maximum Gasteiger partial charge on any atom is 0.257 e.